The number of fused-ring (bicyclic) bond motifs is 1. The lowest BCUT2D eigenvalue weighted by atomic mass is 9.97. The predicted molar refractivity (Wildman–Crippen MR) is 59.4 cm³/mol. The van der Waals surface area contributed by atoms with Crippen LogP contribution in [0.5, 0.6) is 5.75 Å². The van der Waals surface area contributed by atoms with Crippen LogP contribution < -0.4 is 4.74 Å². The largest absolute Gasteiger partial charge is 0.492 e. The van der Waals surface area contributed by atoms with Gasteiger partial charge in [0.15, 0.2) is 0 Å². The van der Waals surface area contributed by atoms with Gasteiger partial charge in [-0.15, -0.1) is 0 Å². The van der Waals surface area contributed by atoms with Crippen molar-refractivity contribution in [1.29, 1.82) is 0 Å². The highest BCUT2D eigenvalue weighted by molar-refractivity contribution is 6.32. The number of benzene rings is 1. The maximum atomic E-state index is 6.17. The van der Waals surface area contributed by atoms with Gasteiger partial charge in [0, 0.05) is 0 Å². The minimum Gasteiger partial charge on any atom is -0.492 e. The molecule has 1 aromatic rings. The molecule has 2 heteroatoms. The zero-order chi connectivity index (χ0) is 10.1. The molecule has 0 atom stereocenters. The van der Waals surface area contributed by atoms with Gasteiger partial charge in [-0.2, -0.15) is 0 Å². The molecule has 0 aromatic heterocycles. The SMILES string of the molecule is CC(C)c1cc(Cl)c2c(c1)CCCO2. The van der Waals surface area contributed by atoms with E-state index in [0.717, 1.165) is 30.2 Å². The Morgan fingerprint density at radius 1 is 1.36 bits per heavy atom. The zero-order valence-electron chi connectivity index (χ0n) is 8.64. The number of halogens is 1. The summed E-state index contributed by atoms with van der Waals surface area (Å²) in [6.07, 6.45) is 2.19. The topological polar surface area (TPSA) is 9.23 Å². The Morgan fingerprint density at radius 3 is 2.86 bits per heavy atom. The van der Waals surface area contributed by atoms with Crippen molar-refractivity contribution in [2.75, 3.05) is 6.61 Å². The molecule has 0 amide bonds. The van der Waals surface area contributed by atoms with Crippen molar-refractivity contribution in [3.63, 3.8) is 0 Å². The van der Waals surface area contributed by atoms with Crippen molar-refractivity contribution < 1.29 is 4.74 Å². The Labute approximate surface area is 90.0 Å². The van der Waals surface area contributed by atoms with Crippen molar-refractivity contribution >= 4 is 11.6 Å². The first kappa shape index (κ1) is 9.85. The molecule has 0 spiro atoms. The van der Waals surface area contributed by atoms with Gasteiger partial charge in [-0.3, -0.25) is 0 Å². The second kappa shape index (κ2) is 3.82. The van der Waals surface area contributed by atoms with Gasteiger partial charge in [-0.25, -0.2) is 0 Å². The van der Waals surface area contributed by atoms with Crippen molar-refractivity contribution in [3.05, 3.63) is 28.3 Å². The molecule has 0 aliphatic carbocycles. The van der Waals surface area contributed by atoms with Crippen LogP contribution in [0.15, 0.2) is 12.1 Å². The first-order chi connectivity index (χ1) is 6.68. The molecule has 76 valence electrons. The van der Waals surface area contributed by atoms with Gasteiger partial charge in [0.25, 0.3) is 0 Å². The molecule has 14 heavy (non-hydrogen) atoms. The lowest BCUT2D eigenvalue weighted by Crippen LogP contribution is -2.09. The third-order valence-corrected chi connectivity index (χ3v) is 2.93. The first-order valence-corrected chi connectivity index (χ1v) is 5.51. The van der Waals surface area contributed by atoms with E-state index < -0.39 is 0 Å². The maximum absolute atomic E-state index is 6.17. The predicted octanol–water partition coefficient (Wildman–Crippen LogP) is 3.79. The summed E-state index contributed by atoms with van der Waals surface area (Å²) in [5.41, 5.74) is 2.58. The fraction of sp³-hybridized carbons (Fsp3) is 0.500. The smallest absolute Gasteiger partial charge is 0.141 e. The summed E-state index contributed by atoms with van der Waals surface area (Å²) in [6.45, 7) is 5.16. The van der Waals surface area contributed by atoms with E-state index in [1.165, 1.54) is 11.1 Å². The van der Waals surface area contributed by atoms with Gasteiger partial charge in [0.1, 0.15) is 5.75 Å². The fourth-order valence-corrected chi connectivity index (χ4v) is 2.09. The molecule has 0 unspecified atom stereocenters. The molecule has 0 fully saturated rings. The summed E-state index contributed by atoms with van der Waals surface area (Å²) in [5, 5.41) is 0.769. The Kier molecular flexibility index (Phi) is 2.69. The first-order valence-electron chi connectivity index (χ1n) is 5.13. The Balaban J connectivity index is 2.46. The van der Waals surface area contributed by atoms with Gasteiger partial charge in [-0.05, 0) is 36.0 Å². The van der Waals surface area contributed by atoms with E-state index in [0.29, 0.717) is 5.92 Å². The summed E-state index contributed by atoms with van der Waals surface area (Å²) in [7, 11) is 0. The quantitative estimate of drug-likeness (QED) is 0.686. The Bertz CT molecular complexity index is 344. The van der Waals surface area contributed by atoms with E-state index >= 15 is 0 Å². The van der Waals surface area contributed by atoms with Crippen LogP contribution in [0.1, 0.15) is 37.3 Å². The Hall–Kier alpha value is -0.690. The molecule has 0 saturated heterocycles. The number of hydrogen-bond acceptors (Lipinski definition) is 1. The second-order valence-electron chi connectivity index (χ2n) is 4.10. The summed E-state index contributed by atoms with van der Waals surface area (Å²) in [6, 6.07) is 4.25. The molecular formula is C12H15ClO. The van der Waals surface area contributed by atoms with E-state index in [-0.39, 0.29) is 0 Å². The van der Waals surface area contributed by atoms with Crippen LogP contribution in [-0.2, 0) is 6.42 Å². The second-order valence-corrected chi connectivity index (χ2v) is 4.50. The van der Waals surface area contributed by atoms with Crippen LogP contribution in [-0.4, -0.2) is 6.61 Å². The van der Waals surface area contributed by atoms with E-state index in [1.54, 1.807) is 0 Å². The monoisotopic (exact) mass is 210 g/mol. The zero-order valence-corrected chi connectivity index (χ0v) is 9.40. The molecule has 1 nitrogen and oxygen atoms in total. The molecule has 1 aromatic carbocycles. The highest BCUT2D eigenvalue weighted by Crippen LogP contribution is 2.35. The molecule has 1 aliphatic rings. The van der Waals surface area contributed by atoms with Crippen LogP contribution in [0.2, 0.25) is 5.02 Å². The van der Waals surface area contributed by atoms with Crippen molar-refractivity contribution in [1.82, 2.24) is 0 Å². The molecular weight excluding hydrogens is 196 g/mol. The van der Waals surface area contributed by atoms with Gasteiger partial charge >= 0.3 is 0 Å². The highest BCUT2D eigenvalue weighted by Gasteiger charge is 2.15. The molecule has 1 aliphatic heterocycles. The summed E-state index contributed by atoms with van der Waals surface area (Å²) in [4.78, 5) is 0. The van der Waals surface area contributed by atoms with Gasteiger partial charge in [0.05, 0.1) is 11.6 Å². The van der Waals surface area contributed by atoms with Crippen LogP contribution in [0, 0.1) is 0 Å². The highest BCUT2D eigenvalue weighted by atomic mass is 35.5. The lowest BCUT2D eigenvalue weighted by Gasteiger charge is -2.20. The van der Waals surface area contributed by atoms with E-state index in [2.05, 4.69) is 19.9 Å². The number of hydrogen-bond donors (Lipinski definition) is 0. The minimum atomic E-state index is 0.528. The normalized spacial score (nSPS) is 15.1. The average molecular weight is 211 g/mol. The summed E-state index contributed by atoms with van der Waals surface area (Å²) >= 11 is 6.17. The molecule has 0 radical (unpaired) electrons. The van der Waals surface area contributed by atoms with Crippen molar-refractivity contribution in [2.24, 2.45) is 0 Å². The van der Waals surface area contributed by atoms with Crippen LogP contribution in [0.3, 0.4) is 0 Å². The van der Waals surface area contributed by atoms with E-state index in [4.69, 9.17) is 16.3 Å². The maximum Gasteiger partial charge on any atom is 0.141 e. The number of aryl methyl sites for hydroxylation is 1. The van der Waals surface area contributed by atoms with Gasteiger partial charge in [-0.1, -0.05) is 31.5 Å². The fourth-order valence-electron chi connectivity index (χ4n) is 1.79. The van der Waals surface area contributed by atoms with E-state index in [9.17, 15) is 0 Å². The number of rotatable bonds is 1. The number of ether oxygens (including phenoxy) is 1. The average Bonchev–Trinajstić information content (AvgIpc) is 2.17. The van der Waals surface area contributed by atoms with Crippen LogP contribution in [0.25, 0.3) is 0 Å². The van der Waals surface area contributed by atoms with Crippen LogP contribution in [0.4, 0.5) is 0 Å². The molecule has 0 bridgehead atoms. The minimum absolute atomic E-state index is 0.528. The molecule has 0 N–H and O–H groups in total. The lowest BCUT2D eigenvalue weighted by molar-refractivity contribution is 0.288. The van der Waals surface area contributed by atoms with Crippen molar-refractivity contribution in [2.45, 2.75) is 32.6 Å². The Morgan fingerprint density at radius 2 is 2.14 bits per heavy atom. The third-order valence-electron chi connectivity index (χ3n) is 2.65. The summed E-state index contributed by atoms with van der Waals surface area (Å²) < 4.78 is 5.56. The van der Waals surface area contributed by atoms with Gasteiger partial charge in [0.2, 0.25) is 0 Å². The van der Waals surface area contributed by atoms with Crippen molar-refractivity contribution in [3.8, 4) is 5.75 Å². The third kappa shape index (κ3) is 1.74. The molecule has 2 rings (SSSR count). The van der Waals surface area contributed by atoms with Crippen LogP contribution >= 0.6 is 11.6 Å². The summed E-state index contributed by atoms with van der Waals surface area (Å²) in [5.74, 6) is 1.43. The van der Waals surface area contributed by atoms with E-state index in [1.807, 2.05) is 6.07 Å². The molecule has 0 saturated carbocycles. The molecule has 1 heterocycles. The standard InChI is InChI=1S/C12H15ClO/c1-8(2)10-6-9-4-3-5-14-12(9)11(13)7-10/h6-8H,3-5H2,1-2H3. The van der Waals surface area contributed by atoms with Gasteiger partial charge < -0.3 is 4.74 Å².